The number of thioether (sulfide) groups is 3. The van der Waals surface area contributed by atoms with Crippen LogP contribution in [0, 0.1) is 26.0 Å². The molecule has 1 aliphatic heterocycles. The Kier molecular flexibility index (Phi) is 30.3. The van der Waals surface area contributed by atoms with Crippen LogP contribution in [0.1, 0.15) is 125 Å². The molecule has 4 aromatic rings. The van der Waals surface area contributed by atoms with E-state index in [1.165, 1.54) is 68.9 Å². The van der Waals surface area contributed by atoms with E-state index in [4.69, 9.17) is 24.7 Å². The Morgan fingerprint density at radius 2 is 0.957 bits per heavy atom. The number of hydrogen-bond acceptors (Lipinski definition) is 25. The van der Waals surface area contributed by atoms with Crippen LogP contribution >= 0.6 is 35.3 Å². The molecule has 0 unspecified atom stereocenters. The second-order valence-corrected chi connectivity index (χ2v) is 26.6. The summed E-state index contributed by atoms with van der Waals surface area (Å²) in [4.78, 5) is 139. The Hall–Kier alpha value is -9.44. The summed E-state index contributed by atoms with van der Waals surface area (Å²) in [5, 5.41) is 48.9. The molecule has 0 spiro atoms. The number of hydrogen-bond donors (Lipinski definition) is 7. The lowest BCUT2D eigenvalue weighted by Gasteiger charge is -2.25. The minimum absolute atomic E-state index is 0.00660. The van der Waals surface area contributed by atoms with Crippen LogP contribution in [0.15, 0.2) is 87.5 Å². The number of nitrogens with one attached hydrogen (secondary N) is 4. The average Bonchev–Trinajstić information content (AvgIpc) is 1.85. The number of amides is 4. The normalized spacial score (nSPS) is 14.5. The first kappa shape index (κ1) is 79.7. The van der Waals surface area contributed by atoms with Crippen molar-refractivity contribution in [2.75, 3.05) is 39.5 Å². The van der Waals surface area contributed by atoms with Gasteiger partial charge in [0.15, 0.2) is 0 Å². The highest BCUT2D eigenvalue weighted by Crippen LogP contribution is 2.37. The Morgan fingerprint density at radius 3 is 1.35 bits per heavy atom. The fourth-order valence-electron chi connectivity index (χ4n) is 7.25. The zero-order valence-electron chi connectivity index (χ0n) is 53.4. The molecule has 508 valence electrons. The molecular weight excluding hydrogens is 1290 g/mol. The summed E-state index contributed by atoms with van der Waals surface area (Å²) in [5.41, 5.74) is 4.01. The van der Waals surface area contributed by atoms with Crippen LogP contribution in [0.3, 0.4) is 0 Å². The molecule has 0 saturated heterocycles. The molecule has 34 heteroatoms. The lowest BCUT2D eigenvalue weighted by Crippen LogP contribution is -2.49. The molecule has 93 heavy (non-hydrogen) atoms. The number of carbonyl (C=O) groups excluding carboxylic acids is 8. The Morgan fingerprint density at radius 1 is 0.591 bits per heavy atom. The van der Waals surface area contributed by atoms with Crippen molar-refractivity contribution >= 4 is 118 Å². The first-order chi connectivity index (χ1) is 43.0. The van der Waals surface area contributed by atoms with E-state index in [1.807, 2.05) is 6.92 Å². The number of halogens is 1. The molecule has 0 aromatic heterocycles. The molecule has 4 amide bonds. The molecule has 0 aliphatic carbocycles. The molecule has 0 saturated carbocycles. The highest BCUT2D eigenvalue weighted by atomic mass is 32.2. The highest BCUT2D eigenvalue weighted by Gasteiger charge is 2.35. The SMILES string of the molecule is COC(=O)c1ccc(F)c([N+](=O)[O-])c1.COC(=O)c1ccc(S[C@H](C)[C@H](NC(=O)OC(C)(C)C)C(=O)O)c(N)c1.COC(=O)c1ccc(S[C@H](C)[C@H](NC(=O)OC(C)(C)C)C(=O)O)c([N+](=O)[O-])c1.COC(=O)c1ccc2c(c1)NC(=O)[C@@H](NC(=O)OC(C)(C)C)[C@@H](C)S2. The summed E-state index contributed by atoms with van der Waals surface area (Å²) >= 11 is 3.47. The number of nitro benzene ring substituents is 2. The molecule has 6 atom stereocenters. The van der Waals surface area contributed by atoms with Crippen molar-refractivity contribution in [3.05, 3.63) is 121 Å². The van der Waals surface area contributed by atoms with Crippen molar-refractivity contribution in [2.45, 2.75) is 148 Å². The van der Waals surface area contributed by atoms with Crippen LogP contribution in [-0.4, -0.2) is 159 Å². The molecule has 0 fully saturated rings. The second-order valence-electron chi connectivity index (χ2n) is 22.3. The number of anilines is 2. The van der Waals surface area contributed by atoms with Crippen molar-refractivity contribution in [1.82, 2.24) is 16.0 Å². The van der Waals surface area contributed by atoms with Crippen LogP contribution in [0.25, 0.3) is 0 Å². The number of methoxy groups -OCH3 is 4. The fourth-order valence-corrected chi connectivity index (χ4v) is 10.5. The molecule has 1 heterocycles. The molecule has 8 N–H and O–H groups in total. The monoisotopic (exact) mass is 1360 g/mol. The summed E-state index contributed by atoms with van der Waals surface area (Å²) in [5.74, 6) is -6.34. The number of carbonyl (C=O) groups is 10. The van der Waals surface area contributed by atoms with E-state index in [-0.39, 0.29) is 32.9 Å². The first-order valence-corrected chi connectivity index (χ1v) is 29.9. The van der Waals surface area contributed by atoms with Gasteiger partial charge < -0.3 is 70.4 Å². The standard InChI is InChI=1S/C17H22N2O8S.C17H24N2O6S.C17H22N2O5S.C8H6FNO4/c1-9(13(14(20)21)18-16(23)27-17(2,3)4)28-12-7-6-10(15(22)26-5)8-11(12)19(24)25;1-9(13(14(20)21)19-16(23)25-17(2,3)4)26-12-7-6-10(8-11(12)18)15(22)24-5;1-9-13(19-16(22)24-17(2,3)4)14(20)18-11-8-10(15(21)23-5)6-7-12(11)25-9;1-14-8(11)5-2-3-6(9)7(4-5)10(12)13/h6-9,13H,1-5H3,(H,18,23)(H,20,21);6-9,13H,18H2,1-5H3,(H,19,23)(H,20,21);6-9,13H,1-5H3,(H,18,20)(H,19,22);2-4H,1H3/t3*9-,13+;/m111./s1. The fraction of sp³-hybridized carbons (Fsp3) is 0.424. The average molecular weight is 1360 g/mol. The van der Waals surface area contributed by atoms with Crippen molar-refractivity contribution in [1.29, 1.82) is 0 Å². The Balaban J connectivity index is 0.000000432. The summed E-state index contributed by atoms with van der Waals surface area (Å²) < 4.78 is 46.3. The van der Waals surface area contributed by atoms with Gasteiger partial charge in [-0.05, 0) is 123 Å². The van der Waals surface area contributed by atoms with Crippen LogP contribution in [-0.2, 0) is 47.5 Å². The third-order valence-corrected chi connectivity index (χ3v) is 15.2. The van der Waals surface area contributed by atoms with E-state index in [0.717, 1.165) is 55.1 Å². The van der Waals surface area contributed by atoms with E-state index in [9.17, 15) is 82.8 Å². The summed E-state index contributed by atoms with van der Waals surface area (Å²) in [7, 11) is 4.85. The summed E-state index contributed by atoms with van der Waals surface area (Å²) in [6.45, 7) is 20.2. The highest BCUT2D eigenvalue weighted by molar-refractivity contribution is 8.00. The largest absolute Gasteiger partial charge is 0.480 e. The first-order valence-electron chi connectivity index (χ1n) is 27.3. The third-order valence-electron chi connectivity index (χ3n) is 11.4. The van der Waals surface area contributed by atoms with Crippen LogP contribution in [0.4, 0.5) is 41.5 Å². The summed E-state index contributed by atoms with van der Waals surface area (Å²) in [6.07, 6.45) is -2.38. The predicted molar refractivity (Wildman–Crippen MR) is 338 cm³/mol. The van der Waals surface area contributed by atoms with Crippen LogP contribution in [0.2, 0.25) is 0 Å². The zero-order chi connectivity index (χ0) is 71.2. The van der Waals surface area contributed by atoms with Gasteiger partial charge in [0.1, 0.15) is 34.9 Å². The van der Waals surface area contributed by atoms with E-state index < -0.39 is 121 Å². The number of fused-ring (bicyclic) bond motifs is 1. The molecule has 30 nitrogen and oxygen atoms in total. The van der Waals surface area contributed by atoms with Crippen molar-refractivity contribution in [3.8, 4) is 0 Å². The van der Waals surface area contributed by atoms with E-state index in [1.54, 1.807) is 93.5 Å². The maximum absolute atomic E-state index is 12.8. The van der Waals surface area contributed by atoms with Gasteiger partial charge in [-0.1, -0.05) is 20.8 Å². The van der Waals surface area contributed by atoms with E-state index in [0.29, 0.717) is 27.4 Å². The van der Waals surface area contributed by atoms with Gasteiger partial charge >= 0.3 is 59.8 Å². The predicted octanol–water partition coefficient (Wildman–Crippen LogP) is 9.67. The van der Waals surface area contributed by atoms with Gasteiger partial charge in [-0.2, -0.15) is 4.39 Å². The maximum atomic E-state index is 12.8. The molecule has 0 radical (unpaired) electrons. The number of alkyl carbamates (subject to hydrolysis) is 3. The molecule has 0 bridgehead atoms. The second kappa shape index (κ2) is 35.4. The van der Waals surface area contributed by atoms with Crippen LogP contribution in [0.5, 0.6) is 0 Å². The molecule has 4 aromatic carbocycles. The number of benzene rings is 4. The van der Waals surface area contributed by atoms with Gasteiger partial charge in [-0.25, -0.2) is 43.2 Å². The number of nitro groups is 2. The molecular formula is C59H74FN7O23S3. The minimum Gasteiger partial charge on any atom is -0.480 e. The van der Waals surface area contributed by atoms with Gasteiger partial charge in [-0.3, -0.25) is 25.0 Å². The zero-order valence-corrected chi connectivity index (χ0v) is 55.9. The number of nitrogens with two attached hydrogens (primary N) is 1. The number of nitrogens with zero attached hydrogens (tertiary/aromatic N) is 2. The number of nitrogen functional groups attached to an aromatic ring is 1. The number of rotatable bonds is 17. The van der Waals surface area contributed by atoms with Gasteiger partial charge in [-0.15, -0.1) is 35.3 Å². The topological polar surface area (TPSA) is 436 Å². The summed E-state index contributed by atoms with van der Waals surface area (Å²) in [6, 6.07) is 12.8. The molecule has 5 rings (SSSR count). The van der Waals surface area contributed by atoms with Gasteiger partial charge in [0, 0.05) is 43.4 Å². The van der Waals surface area contributed by atoms with Gasteiger partial charge in [0.25, 0.3) is 5.69 Å². The number of carboxylic acids is 2. The van der Waals surface area contributed by atoms with E-state index in [2.05, 4.69) is 35.5 Å². The lowest BCUT2D eigenvalue weighted by atomic mass is 10.1. The number of ether oxygens (including phenoxy) is 7. The van der Waals surface area contributed by atoms with Crippen molar-refractivity contribution < 1.29 is 106 Å². The Bertz CT molecular complexity index is 3430. The van der Waals surface area contributed by atoms with Crippen molar-refractivity contribution in [2.24, 2.45) is 0 Å². The number of carboxylic acid groups (broad SMARTS) is 2. The van der Waals surface area contributed by atoms with Crippen LogP contribution < -0.4 is 27.0 Å². The van der Waals surface area contributed by atoms with Gasteiger partial charge in [0.05, 0.1) is 71.1 Å². The van der Waals surface area contributed by atoms with Gasteiger partial charge in [0.2, 0.25) is 11.7 Å². The molecule has 1 aliphatic rings. The third kappa shape index (κ3) is 26.7. The minimum atomic E-state index is -1.36. The lowest BCUT2D eigenvalue weighted by molar-refractivity contribution is -0.387. The number of esters is 4. The smallest absolute Gasteiger partial charge is 0.408 e. The Labute approximate surface area is 546 Å². The number of aliphatic carboxylic acids is 2. The quantitative estimate of drug-likeness (QED) is 0.0129. The van der Waals surface area contributed by atoms with E-state index >= 15 is 0 Å². The van der Waals surface area contributed by atoms with Crippen molar-refractivity contribution in [3.63, 3.8) is 0 Å². The maximum Gasteiger partial charge on any atom is 0.408 e.